The summed E-state index contributed by atoms with van der Waals surface area (Å²) in [5.74, 6) is -0.396. The molecule has 2 rings (SSSR count). The summed E-state index contributed by atoms with van der Waals surface area (Å²) in [5.41, 5.74) is 1.63. The topological polar surface area (TPSA) is 23.8 Å². The molecule has 0 aliphatic heterocycles. The maximum absolute atomic E-state index is 13.9. The Balaban J connectivity index is 2.48. The molecule has 0 unspecified atom stereocenters. The highest BCUT2D eigenvalue weighted by molar-refractivity contribution is 6.36. The zero-order valence-electron chi connectivity index (χ0n) is 9.25. The molecule has 0 saturated heterocycles. The lowest BCUT2D eigenvalue weighted by Gasteiger charge is -2.07. The molecule has 0 radical (unpaired) electrons. The Bertz CT molecular complexity index is 632. The fraction of sp³-hybridized carbons (Fsp3) is 0.0714. The Kier molecular flexibility index (Phi) is 3.86. The number of nitrogens with zero attached hydrogens (tertiary/aromatic N) is 1. The zero-order chi connectivity index (χ0) is 13.1. The first-order valence-corrected chi connectivity index (χ1v) is 5.98. The normalized spacial score (nSPS) is 10.1. The Morgan fingerprint density at radius 3 is 2.39 bits per heavy atom. The van der Waals surface area contributed by atoms with Crippen LogP contribution in [0.5, 0.6) is 0 Å². The second kappa shape index (κ2) is 5.39. The van der Waals surface area contributed by atoms with Gasteiger partial charge in [0.15, 0.2) is 0 Å². The minimum atomic E-state index is -0.396. The van der Waals surface area contributed by atoms with Gasteiger partial charge in [0.25, 0.3) is 0 Å². The molecular weight excluding hydrogens is 272 g/mol. The van der Waals surface area contributed by atoms with E-state index in [4.69, 9.17) is 28.5 Å². The van der Waals surface area contributed by atoms with Crippen LogP contribution in [-0.2, 0) is 6.42 Å². The second-order valence-corrected chi connectivity index (χ2v) is 4.62. The summed E-state index contributed by atoms with van der Waals surface area (Å²) < 4.78 is 13.9. The van der Waals surface area contributed by atoms with Crippen LogP contribution in [0.2, 0.25) is 10.0 Å². The van der Waals surface area contributed by atoms with Gasteiger partial charge in [-0.15, -0.1) is 0 Å². The third-order valence-corrected chi connectivity index (χ3v) is 3.09. The molecule has 0 aliphatic carbocycles. The summed E-state index contributed by atoms with van der Waals surface area (Å²) in [6, 6.07) is 11.6. The first-order chi connectivity index (χ1) is 8.61. The van der Waals surface area contributed by atoms with Gasteiger partial charge < -0.3 is 0 Å². The smallest absolute Gasteiger partial charge is 0.131 e. The van der Waals surface area contributed by atoms with Crippen molar-refractivity contribution in [1.29, 1.82) is 5.26 Å². The second-order valence-electron chi connectivity index (χ2n) is 3.77. The minimum Gasteiger partial charge on any atom is -0.206 e. The average molecular weight is 280 g/mol. The van der Waals surface area contributed by atoms with E-state index < -0.39 is 5.82 Å². The highest BCUT2D eigenvalue weighted by Gasteiger charge is 2.10. The van der Waals surface area contributed by atoms with Crippen molar-refractivity contribution in [2.75, 3.05) is 0 Å². The molecule has 18 heavy (non-hydrogen) atoms. The molecule has 90 valence electrons. The summed E-state index contributed by atoms with van der Waals surface area (Å²) in [6.07, 6.45) is 0.186. The van der Waals surface area contributed by atoms with E-state index in [1.165, 1.54) is 6.07 Å². The molecule has 2 aromatic rings. The van der Waals surface area contributed by atoms with Crippen LogP contribution in [0.1, 0.15) is 5.56 Å². The molecule has 0 spiro atoms. The van der Waals surface area contributed by atoms with Crippen LogP contribution in [0.4, 0.5) is 4.39 Å². The zero-order valence-corrected chi connectivity index (χ0v) is 10.8. The van der Waals surface area contributed by atoms with E-state index in [-0.39, 0.29) is 6.42 Å². The van der Waals surface area contributed by atoms with Crippen molar-refractivity contribution in [3.05, 3.63) is 57.8 Å². The third-order valence-electron chi connectivity index (χ3n) is 2.54. The van der Waals surface area contributed by atoms with Gasteiger partial charge in [0, 0.05) is 21.2 Å². The first kappa shape index (κ1) is 12.9. The van der Waals surface area contributed by atoms with Crippen LogP contribution in [0.15, 0.2) is 36.4 Å². The first-order valence-electron chi connectivity index (χ1n) is 5.22. The van der Waals surface area contributed by atoms with Gasteiger partial charge >= 0.3 is 0 Å². The number of rotatable bonds is 2. The molecule has 0 aliphatic rings. The maximum Gasteiger partial charge on any atom is 0.131 e. The molecular formula is C14H8Cl2FN. The molecule has 0 saturated carbocycles. The fourth-order valence-electron chi connectivity index (χ4n) is 1.69. The lowest BCUT2D eigenvalue weighted by Crippen LogP contribution is -1.89. The summed E-state index contributed by atoms with van der Waals surface area (Å²) >= 11 is 11.8. The summed E-state index contributed by atoms with van der Waals surface area (Å²) in [7, 11) is 0. The standard InChI is InChI=1S/C14H8Cl2FN/c15-10-2-4-11(13(16)8-10)12-3-1-9(5-6-18)7-14(12)17/h1-4,7-8H,5H2. The van der Waals surface area contributed by atoms with Crippen LogP contribution in [0.3, 0.4) is 0 Å². The molecule has 4 heteroatoms. The molecule has 0 bridgehead atoms. The third kappa shape index (κ3) is 2.64. The van der Waals surface area contributed by atoms with Gasteiger partial charge in [0.1, 0.15) is 5.82 Å². The van der Waals surface area contributed by atoms with Gasteiger partial charge in [-0.25, -0.2) is 4.39 Å². The Labute approximate surface area is 114 Å². The summed E-state index contributed by atoms with van der Waals surface area (Å²) in [6.45, 7) is 0. The van der Waals surface area contributed by atoms with E-state index >= 15 is 0 Å². The Morgan fingerprint density at radius 1 is 1.06 bits per heavy atom. The summed E-state index contributed by atoms with van der Waals surface area (Å²) in [4.78, 5) is 0. The molecule has 0 amide bonds. The van der Waals surface area contributed by atoms with Crippen molar-refractivity contribution >= 4 is 23.2 Å². The predicted molar refractivity (Wildman–Crippen MR) is 71.2 cm³/mol. The quantitative estimate of drug-likeness (QED) is 0.770. The van der Waals surface area contributed by atoms with Gasteiger partial charge in [0.2, 0.25) is 0 Å². The van der Waals surface area contributed by atoms with Crippen LogP contribution < -0.4 is 0 Å². The van der Waals surface area contributed by atoms with Crippen molar-refractivity contribution in [3.63, 3.8) is 0 Å². The Hall–Kier alpha value is -1.56. The molecule has 0 fully saturated rings. The fourth-order valence-corrected chi connectivity index (χ4v) is 2.20. The van der Waals surface area contributed by atoms with Gasteiger partial charge in [-0.3, -0.25) is 0 Å². The average Bonchev–Trinajstić information content (AvgIpc) is 2.31. The van der Waals surface area contributed by atoms with E-state index in [2.05, 4.69) is 0 Å². The lowest BCUT2D eigenvalue weighted by atomic mass is 10.0. The van der Waals surface area contributed by atoms with E-state index in [0.717, 1.165) is 0 Å². The van der Waals surface area contributed by atoms with Crippen LogP contribution >= 0.6 is 23.2 Å². The largest absolute Gasteiger partial charge is 0.206 e. The number of nitriles is 1. The van der Waals surface area contributed by atoms with Crippen molar-refractivity contribution in [3.8, 4) is 17.2 Å². The van der Waals surface area contributed by atoms with Crippen molar-refractivity contribution in [2.45, 2.75) is 6.42 Å². The molecule has 1 nitrogen and oxygen atoms in total. The maximum atomic E-state index is 13.9. The van der Waals surface area contributed by atoms with E-state index in [1.807, 2.05) is 6.07 Å². The molecule has 0 heterocycles. The van der Waals surface area contributed by atoms with Crippen molar-refractivity contribution < 1.29 is 4.39 Å². The van der Waals surface area contributed by atoms with Crippen molar-refractivity contribution in [1.82, 2.24) is 0 Å². The molecule has 0 atom stereocenters. The van der Waals surface area contributed by atoms with Crippen LogP contribution in [-0.4, -0.2) is 0 Å². The number of hydrogen-bond acceptors (Lipinski definition) is 1. The van der Waals surface area contributed by atoms with Crippen LogP contribution in [0, 0.1) is 17.1 Å². The highest BCUT2D eigenvalue weighted by atomic mass is 35.5. The van der Waals surface area contributed by atoms with E-state index in [1.54, 1.807) is 30.3 Å². The van der Waals surface area contributed by atoms with E-state index in [9.17, 15) is 4.39 Å². The summed E-state index contributed by atoms with van der Waals surface area (Å²) in [5, 5.41) is 9.47. The molecule has 2 aromatic carbocycles. The number of hydrogen-bond donors (Lipinski definition) is 0. The lowest BCUT2D eigenvalue weighted by molar-refractivity contribution is 0.629. The van der Waals surface area contributed by atoms with Gasteiger partial charge in [-0.2, -0.15) is 5.26 Å². The molecule has 0 N–H and O–H groups in total. The molecule has 0 aromatic heterocycles. The highest BCUT2D eigenvalue weighted by Crippen LogP contribution is 2.32. The number of benzene rings is 2. The number of halogens is 3. The van der Waals surface area contributed by atoms with Gasteiger partial charge in [-0.1, -0.05) is 41.4 Å². The van der Waals surface area contributed by atoms with Gasteiger partial charge in [0.05, 0.1) is 12.5 Å². The SMILES string of the molecule is N#CCc1ccc(-c2ccc(Cl)cc2Cl)c(F)c1. The van der Waals surface area contributed by atoms with E-state index in [0.29, 0.717) is 26.7 Å². The predicted octanol–water partition coefficient (Wildman–Crippen LogP) is 4.87. The Morgan fingerprint density at radius 2 is 1.78 bits per heavy atom. The minimum absolute atomic E-state index is 0.186. The van der Waals surface area contributed by atoms with Crippen molar-refractivity contribution in [2.24, 2.45) is 0 Å². The van der Waals surface area contributed by atoms with Crippen LogP contribution in [0.25, 0.3) is 11.1 Å². The van der Waals surface area contributed by atoms with Gasteiger partial charge in [-0.05, 0) is 23.8 Å². The monoisotopic (exact) mass is 279 g/mol.